The van der Waals surface area contributed by atoms with Crippen LogP contribution in [-0.2, 0) is 6.42 Å². The molecule has 0 saturated heterocycles. The summed E-state index contributed by atoms with van der Waals surface area (Å²) in [5.41, 5.74) is 1.89. The van der Waals surface area contributed by atoms with Crippen molar-refractivity contribution in [3.05, 3.63) is 60.4 Å². The number of rotatable bonds is 4. The minimum atomic E-state index is -0.212. The van der Waals surface area contributed by atoms with Crippen LogP contribution in [0.3, 0.4) is 0 Å². The number of benzene rings is 1. The van der Waals surface area contributed by atoms with Gasteiger partial charge in [0.2, 0.25) is 0 Å². The van der Waals surface area contributed by atoms with Gasteiger partial charge in [0.25, 0.3) is 0 Å². The molecular formula is C15H17N3O. The van der Waals surface area contributed by atoms with Gasteiger partial charge in [-0.25, -0.2) is 4.79 Å². The number of hydrogen-bond acceptors (Lipinski definition) is 2. The molecule has 1 aromatic heterocycles. The van der Waals surface area contributed by atoms with Gasteiger partial charge < -0.3 is 10.6 Å². The van der Waals surface area contributed by atoms with E-state index in [0.29, 0.717) is 5.69 Å². The molecule has 4 heteroatoms. The number of amides is 2. The van der Waals surface area contributed by atoms with E-state index < -0.39 is 0 Å². The maximum absolute atomic E-state index is 11.8. The number of aromatic nitrogens is 1. The molecule has 0 aliphatic carbocycles. The second-order valence-electron chi connectivity index (χ2n) is 4.43. The summed E-state index contributed by atoms with van der Waals surface area (Å²) in [7, 11) is 0. The molecule has 19 heavy (non-hydrogen) atoms. The Labute approximate surface area is 112 Å². The molecular weight excluding hydrogens is 238 g/mol. The van der Waals surface area contributed by atoms with Gasteiger partial charge in [-0.2, -0.15) is 0 Å². The highest BCUT2D eigenvalue weighted by Gasteiger charge is 2.07. The van der Waals surface area contributed by atoms with Crippen LogP contribution in [0.1, 0.15) is 12.5 Å². The van der Waals surface area contributed by atoms with Crippen LogP contribution in [0.25, 0.3) is 0 Å². The van der Waals surface area contributed by atoms with Crippen LogP contribution in [-0.4, -0.2) is 17.1 Å². The van der Waals surface area contributed by atoms with Crippen LogP contribution in [0.5, 0.6) is 0 Å². The lowest BCUT2D eigenvalue weighted by Gasteiger charge is -2.14. The van der Waals surface area contributed by atoms with E-state index in [1.807, 2.05) is 25.1 Å². The third-order valence-corrected chi connectivity index (χ3v) is 2.68. The molecule has 0 fully saturated rings. The van der Waals surface area contributed by atoms with Gasteiger partial charge in [0.1, 0.15) is 0 Å². The summed E-state index contributed by atoms with van der Waals surface area (Å²) in [6, 6.07) is 13.5. The maximum atomic E-state index is 11.8. The van der Waals surface area contributed by atoms with Crippen molar-refractivity contribution in [2.75, 3.05) is 5.32 Å². The standard InChI is InChI=1S/C15H17N3O/c1-12(10-13-6-3-2-4-7-13)17-15(19)18-14-8-5-9-16-11-14/h2-9,11-12H,10H2,1H3,(H2,17,18,19)/t12-/m0/s1. The molecule has 2 aromatic rings. The van der Waals surface area contributed by atoms with E-state index >= 15 is 0 Å². The topological polar surface area (TPSA) is 54.0 Å². The molecule has 0 aliphatic rings. The number of urea groups is 1. The highest BCUT2D eigenvalue weighted by Crippen LogP contribution is 2.04. The van der Waals surface area contributed by atoms with Gasteiger partial charge >= 0.3 is 6.03 Å². The Hall–Kier alpha value is -2.36. The van der Waals surface area contributed by atoms with E-state index in [-0.39, 0.29) is 12.1 Å². The predicted octanol–water partition coefficient (Wildman–Crippen LogP) is 2.83. The first kappa shape index (κ1) is 13.1. The molecule has 0 saturated carbocycles. The second kappa shape index (κ2) is 6.54. The predicted molar refractivity (Wildman–Crippen MR) is 76.0 cm³/mol. The van der Waals surface area contributed by atoms with Crippen molar-refractivity contribution in [1.82, 2.24) is 10.3 Å². The van der Waals surface area contributed by atoms with Gasteiger partial charge in [0.15, 0.2) is 0 Å². The molecule has 98 valence electrons. The van der Waals surface area contributed by atoms with Gasteiger partial charge in [-0.1, -0.05) is 30.3 Å². The van der Waals surface area contributed by atoms with Crippen molar-refractivity contribution < 1.29 is 4.79 Å². The van der Waals surface area contributed by atoms with Crippen molar-refractivity contribution in [3.63, 3.8) is 0 Å². The summed E-state index contributed by atoms with van der Waals surface area (Å²) in [6.45, 7) is 1.98. The molecule has 4 nitrogen and oxygen atoms in total. The normalized spacial score (nSPS) is 11.6. The quantitative estimate of drug-likeness (QED) is 0.882. The minimum absolute atomic E-state index is 0.0686. The fraction of sp³-hybridized carbons (Fsp3) is 0.200. The van der Waals surface area contributed by atoms with E-state index in [1.165, 1.54) is 5.56 Å². The van der Waals surface area contributed by atoms with Gasteiger partial charge in [-0.05, 0) is 31.0 Å². The number of hydrogen-bond donors (Lipinski definition) is 2. The number of pyridine rings is 1. The van der Waals surface area contributed by atoms with Crippen molar-refractivity contribution in [1.29, 1.82) is 0 Å². The number of anilines is 1. The SMILES string of the molecule is C[C@@H](Cc1ccccc1)NC(=O)Nc1cccnc1. The molecule has 0 bridgehead atoms. The van der Waals surface area contributed by atoms with Crippen LogP contribution in [0, 0.1) is 0 Å². The zero-order valence-electron chi connectivity index (χ0n) is 10.8. The Morgan fingerprint density at radius 3 is 2.68 bits per heavy atom. The molecule has 1 atom stereocenters. The molecule has 0 radical (unpaired) electrons. The maximum Gasteiger partial charge on any atom is 0.319 e. The summed E-state index contributed by atoms with van der Waals surface area (Å²) in [6.07, 6.45) is 4.09. The summed E-state index contributed by atoms with van der Waals surface area (Å²) >= 11 is 0. The fourth-order valence-electron chi connectivity index (χ4n) is 1.85. The first-order chi connectivity index (χ1) is 9.24. The van der Waals surface area contributed by atoms with Crippen LogP contribution >= 0.6 is 0 Å². The van der Waals surface area contributed by atoms with Crippen LogP contribution in [0.2, 0.25) is 0 Å². The summed E-state index contributed by atoms with van der Waals surface area (Å²) in [4.78, 5) is 15.7. The average molecular weight is 255 g/mol. The van der Waals surface area contributed by atoms with E-state index in [1.54, 1.807) is 24.5 Å². The average Bonchev–Trinajstić information content (AvgIpc) is 2.40. The summed E-state index contributed by atoms with van der Waals surface area (Å²) in [5.74, 6) is 0. The zero-order valence-corrected chi connectivity index (χ0v) is 10.8. The molecule has 0 aliphatic heterocycles. The van der Waals surface area contributed by atoms with E-state index in [9.17, 15) is 4.79 Å². The Morgan fingerprint density at radius 2 is 2.00 bits per heavy atom. The molecule has 2 N–H and O–H groups in total. The fourth-order valence-corrected chi connectivity index (χ4v) is 1.85. The Kier molecular flexibility index (Phi) is 4.50. The highest BCUT2D eigenvalue weighted by atomic mass is 16.2. The van der Waals surface area contributed by atoms with Gasteiger partial charge in [0, 0.05) is 12.2 Å². The summed E-state index contributed by atoms with van der Waals surface area (Å²) in [5, 5.41) is 5.65. The third-order valence-electron chi connectivity index (χ3n) is 2.68. The second-order valence-corrected chi connectivity index (χ2v) is 4.43. The van der Waals surface area contributed by atoms with E-state index in [0.717, 1.165) is 6.42 Å². The van der Waals surface area contributed by atoms with Crippen LogP contribution < -0.4 is 10.6 Å². The molecule has 2 rings (SSSR count). The Balaban J connectivity index is 1.82. The van der Waals surface area contributed by atoms with E-state index in [2.05, 4.69) is 27.8 Å². The van der Waals surface area contributed by atoms with Crippen molar-refractivity contribution in [2.24, 2.45) is 0 Å². The van der Waals surface area contributed by atoms with Gasteiger partial charge in [-0.3, -0.25) is 4.98 Å². The lowest BCUT2D eigenvalue weighted by molar-refractivity contribution is 0.249. The lowest BCUT2D eigenvalue weighted by Crippen LogP contribution is -2.37. The zero-order chi connectivity index (χ0) is 13.5. The number of carbonyl (C=O) groups excluding carboxylic acids is 1. The minimum Gasteiger partial charge on any atom is -0.335 e. The van der Waals surface area contributed by atoms with Crippen molar-refractivity contribution in [2.45, 2.75) is 19.4 Å². The van der Waals surface area contributed by atoms with Crippen LogP contribution in [0.15, 0.2) is 54.9 Å². The number of carbonyl (C=O) groups is 1. The number of nitrogens with one attached hydrogen (secondary N) is 2. The van der Waals surface area contributed by atoms with Crippen LogP contribution in [0.4, 0.5) is 10.5 Å². The Bertz CT molecular complexity index is 513. The third kappa shape index (κ3) is 4.43. The number of nitrogens with zero attached hydrogens (tertiary/aromatic N) is 1. The Morgan fingerprint density at radius 1 is 1.21 bits per heavy atom. The molecule has 2 amide bonds. The van der Waals surface area contributed by atoms with E-state index in [4.69, 9.17) is 0 Å². The van der Waals surface area contributed by atoms with Gasteiger partial charge in [0.05, 0.1) is 11.9 Å². The lowest BCUT2D eigenvalue weighted by atomic mass is 10.1. The smallest absolute Gasteiger partial charge is 0.319 e. The molecule has 1 aromatic carbocycles. The molecule has 0 spiro atoms. The molecule has 0 unspecified atom stereocenters. The van der Waals surface area contributed by atoms with Crippen molar-refractivity contribution in [3.8, 4) is 0 Å². The monoisotopic (exact) mass is 255 g/mol. The molecule has 1 heterocycles. The van der Waals surface area contributed by atoms with Gasteiger partial charge in [-0.15, -0.1) is 0 Å². The summed E-state index contributed by atoms with van der Waals surface area (Å²) < 4.78 is 0. The first-order valence-corrected chi connectivity index (χ1v) is 6.25. The van der Waals surface area contributed by atoms with Crippen molar-refractivity contribution >= 4 is 11.7 Å². The largest absolute Gasteiger partial charge is 0.335 e. The highest BCUT2D eigenvalue weighted by molar-refractivity contribution is 5.89. The first-order valence-electron chi connectivity index (χ1n) is 6.25.